The summed E-state index contributed by atoms with van der Waals surface area (Å²) in [5, 5.41) is 7.49. The quantitative estimate of drug-likeness (QED) is 0.320. The Bertz CT molecular complexity index is 1410. The van der Waals surface area contributed by atoms with Crippen molar-refractivity contribution in [1.82, 2.24) is 15.1 Å². The Morgan fingerprint density at radius 3 is 2.30 bits per heavy atom. The third kappa shape index (κ3) is 6.05. The van der Waals surface area contributed by atoms with E-state index in [4.69, 9.17) is 16.2 Å². The summed E-state index contributed by atoms with van der Waals surface area (Å²) in [5.74, 6) is -0.191. The second kappa shape index (κ2) is 12.2. The topological polar surface area (TPSA) is 125 Å². The molecule has 0 aliphatic heterocycles. The van der Waals surface area contributed by atoms with Crippen LogP contribution in [0.15, 0.2) is 85.5 Å². The lowest BCUT2D eigenvalue weighted by atomic mass is 10.0. The Hall–Kier alpha value is -4.85. The van der Waals surface area contributed by atoms with Crippen molar-refractivity contribution in [2.24, 2.45) is 5.73 Å². The molecule has 0 atom stereocenters. The zero-order valence-electron chi connectivity index (χ0n) is 21.2. The number of rotatable bonds is 7. The molecule has 2 amide bonds. The van der Waals surface area contributed by atoms with Crippen molar-refractivity contribution in [3.63, 3.8) is 0 Å². The lowest BCUT2D eigenvalue weighted by Crippen LogP contribution is -2.23. The van der Waals surface area contributed by atoms with Gasteiger partial charge >= 0.3 is 0 Å². The number of primary amides is 1. The van der Waals surface area contributed by atoms with E-state index in [0.29, 0.717) is 29.1 Å². The molecule has 4 rings (SSSR count). The predicted molar refractivity (Wildman–Crippen MR) is 147 cm³/mol. The Kier molecular flexibility index (Phi) is 8.83. The second-order valence-electron chi connectivity index (χ2n) is 8.16. The summed E-state index contributed by atoms with van der Waals surface area (Å²) >= 11 is 0. The lowest BCUT2D eigenvalue weighted by Gasteiger charge is -2.09. The molecule has 0 fully saturated rings. The van der Waals surface area contributed by atoms with Crippen LogP contribution in [0.5, 0.6) is 5.75 Å². The smallest absolute Gasteiger partial charge is 0.255 e. The number of benzene rings is 3. The zero-order chi connectivity index (χ0) is 26.9. The van der Waals surface area contributed by atoms with Crippen molar-refractivity contribution in [1.29, 1.82) is 0 Å². The van der Waals surface area contributed by atoms with Crippen molar-refractivity contribution in [3.8, 4) is 22.7 Å². The molecule has 0 spiro atoms. The Labute approximate surface area is 216 Å². The van der Waals surface area contributed by atoms with Crippen LogP contribution < -0.4 is 21.5 Å². The number of nitrogen functional groups attached to an aromatic ring is 1. The maximum atomic E-state index is 12.5. The van der Waals surface area contributed by atoms with Crippen LogP contribution in [-0.2, 0) is 6.54 Å². The van der Waals surface area contributed by atoms with Gasteiger partial charge in [0.1, 0.15) is 22.8 Å². The standard InChI is InChI=1S/C26H25N5O3.C3H6/c1-16-7-3-5-9-20(16)31-24(27)22(25(28)32)23(30-31)18-13-11-17(12-14-18)15-29-26(33)19-8-4-6-10-21(19)34-2;1-3-2/h3-14H,15,27H2,1-2H3,(H2,28,32)(H,29,33);3H,1H2,2H3. The second-order valence-corrected chi connectivity index (χ2v) is 8.16. The van der Waals surface area contributed by atoms with Crippen LogP contribution in [0, 0.1) is 6.92 Å². The van der Waals surface area contributed by atoms with Crippen LogP contribution >= 0.6 is 0 Å². The molecule has 0 unspecified atom stereocenters. The summed E-state index contributed by atoms with van der Waals surface area (Å²) in [6.45, 7) is 7.51. The number of nitrogens with one attached hydrogen (secondary N) is 1. The third-order valence-corrected chi connectivity index (χ3v) is 5.54. The van der Waals surface area contributed by atoms with E-state index in [1.165, 1.54) is 11.8 Å². The molecule has 37 heavy (non-hydrogen) atoms. The molecule has 0 bridgehead atoms. The van der Waals surface area contributed by atoms with E-state index in [1.54, 1.807) is 24.3 Å². The number of nitrogens with two attached hydrogens (primary N) is 2. The number of allylic oxidation sites excluding steroid dienone is 1. The fourth-order valence-electron chi connectivity index (χ4n) is 3.75. The molecule has 8 nitrogen and oxygen atoms in total. The lowest BCUT2D eigenvalue weighted by molar-refractivity contribution is 0.0946. The molecule has 5 N–H and O–H groups in total. The molecule has 0 radical (unpaired) electrons. The molecular formula is C29H31N5O3. The number of anilines is 1. The molecule has 0 saturated heterocycles. The number of hydrogen-bond acceptors (Lipinski definition) is 5. The molecule has 4 aromatic rings. The van der Waals surface area contributed by atoms with Gasteiger partial charge in [0, 0.05) is 12.1 Å². The summed E-state index contributed by atoms with van der Waals surface area (Å²) < 4.78 is 6.78. The molecule has 8 heteroatoms. The molecule has 1 aromatic heterocycles. The highest BCUT2D eigenvalue weighted by molar-refractivity contribution is 6.03. The van der Waals surface area contributed by atoms with Gasteiger partial charge in [-0.05, 0) is 43.2 Å². The average molecular weight is 498 g/mol. The summed E-state index contributed by atoms with van der Waals surface area (Å²) in [6.07, 6.45) is 1.75. The van der Waals surface area contributed by atoms with E-state index >= 15 is 0 Å². The Morgan fingerprint density at radius 2 is 1.68 bits per heavy atom. The minimum atomic E-state index is -0.652. The van der Waals surface area contributed by atoms with E-state index in [1.807, 2.05) is 68.4 Å². The van der Waals surface area contributed by atoms with Gasteiger partial charge in [-0.3, -0.25) is 9.59 Å². The number of para-hydroxylation sites is 2. The number of carbonyl (C=O) groups excluding carboxylic acids is 2. The number of amides is 2. The van der Waals surface area contributed by atoms with Crippen LogP contribution in [0.3, 0.4) is 0 Å². The highest BCUT2D eigenvalue weighted by Gasteiger charge is 2.23. The fourth-order valence-corrected chi connectivity index (χ4v) is 3.75. The first-order valence-electron chi connectivity index (χ1n) is 11.6. The highest BCUT2D eigenvalue weighted by Crippen LogP contribution is 2.30. The SMILES string of the molecule is C=CC.COc1ccccc1C(=O)NCc1ccc(-c2nn(-c3ccccc3C)c(N)c2C(N)=O)cc1. The van der Waals surface area contributed by atoms with Gasteiger partial charge in [-0.15, -0.1) is 6.58 Å². The molecule has 3 aromatic carbocycles. The van der Waals surface area contributed by atoms with Gasteiger partial charge in [-0.2, -0.15) is 5.10 Å². The molecule has 0 aliphatic carbocycles. The van der Waals surface area contributed by atoms with Gasteiger partial charge in [0.25, 0.3) is 11.8 Å². The predicted octanol–water partition coefficient (Wildman–Crippen LogP) is 4.66. The van der Waals surface area contributed by atoms with Crippen LogP contribution in [0.1, 0.15) is 38.8 Å². The van der Waals surface area contributed by atoms with Gasteiger partial charge in [-0.25, -0.2) is 4.68 Å². The van der Waals surface area contributed by atoms with Gasteiger partial charge in [-0.1, -0.05) is 60.7 Å². The monoisotopic (exact) mass is 497 g/mol. The highest BCUT2D eigenvalue weighted by atomic mass is 16.5. The fraction of sp³-hybridized carbons (Fsp3) is 0.138. The van der Waals surface area contributed by atoms with Gasteiger partial charge < -0.3 is 21.5 Å². The van der Waals surface area contributed by atoms with Crippen LogP contribution in [0.4, 0.5) is 5.82 Å². The summed E-state index contributed by atoms with van der Waals surface area (Å²) in [6, 6.07) is 22.0. The van der Waals surface area contributed by atoms with Crippen LogP contribution in [0.2, 0.25) is 0 Å². The van der Waals surface area contributed by atoms with Crippen molar-refractivity contribution in [3.05, 3.63) is 108 Å². The number of aromatic nitrogens is 2. The van der Waals surface area contributed by atoms with E-state index in [9.17, 15) is 9.59 Å². The van der Waals surface area contributed by atoms with E-state index in [0.717, 1.165) is 16.8 Å². The zero-order valence-corrected chi connectivity index (χ0v) is 21.2. The van der Waals surface area contributed by atoms with Crippen molar-refractivity contribution in [2.45, 2.75) is 20.4 Å². The maximum Gasteiger partial charge on any atom is 0.255 e. The van der Waals surface area contributed by atoms with Crippen molar-refractivity contribution in [2.75, 3.05) is 12.8 Å². The molecule has 0 saturated carbocycles. The van der Waals surface area contributed by atoms with E-state index < -0.39 is 5.91 Å². The van der Waals surface area contributed by atoms with E-state index in [-0.39, 0.29) is 17.3 Å². The maximum absolute atomic E-state index is 12.5. The minimum absolute atomic E-state index is 0.167. The largest absolute Gasteiger partial charge is 0.496 e. The molecule has 0 aliphatic rings. The first kappa shape index (κ1) is 26.7. The summed E-state index contributed by atoms with van der Waals surface area (Å²) in [5.41, 5.74) is 16.2. The number of hydrogen-bond donors (Lipinski definition) is 3. The van der Waals surface area contributed by atoms with Crippen molar-refractivity contribution < 1.29 is 14.3 Å². The number of carbonyl (C=O) groups is 2. The molecule has 190 valence electrons. The average Bonchev–Trinajstić information content (AvgIpc) is 3.25. The first-order chi connectivity index (χ1) is 17.8. The van der Waals surface area contributed by atoms with Gasteiger partial charge in [0.2, 0.25) is 0 Å². The molecule has 1 heterocycles. The van der Waals surface area contributed by atoms with Crippen LogP contribution in [0.25, 0.3) is 16.9 Å². The summed E-state index contributed by atoms with van der Waals surface area (Å²) in [4.78, 5) is 24.7. The number of methoxy groups -OCH3 is 1. The van der Waals surface area contributed by atoms with Crippen molar-refractivity contribution >= 4 is 17.6 Å². The van der Waals surface area contributed by atoms with Crippen LogP contribution in [-0.4, -0.2) is 28.7 Å². The Balaban J connectivity index is 0.00000121. The normalized spacial score (nSPS) is 10.1. The number of nitrogens with zero attached hydrogens (tertiary/aromatic N) is 2. The third-order valence-electron chi connectivity index (χ3n) is 5.54. The van der Waals surface area contributed by atoms with Gasteiger partial charge in [0.15, 0.2) is 0 Å². The molecular weight excluding hydrogens is 466 g/mol. The number of ether oxygens (including phenoxy) is 1. The number of aryl methyl sites for hydroxylation is 1. The first-order valence-corrected chi connectivity index (χ1v) is 11.6. The summed E-state index contributed by atoms with van der Waals surface area (Å²) in [7, 11) is 1.53. The van der Waals surface area contributed by atoms with Gasteiger partial charge in [0.05, 0.1) is 18.4 Å². The minimum Gasteiger partial charge on any atom is -0.496 e. The Morgan fingerprint density at radius 1 is 1.05 bits per heavy atom. The van der Waals surface area contributed by atoms with E-state index in [2.05, 4.69) is 17.0 Å².